The van der Waals surface area contributed by atoms with E-state index in [-0.39, 0.29) is 10.6 Å². The van der Waals surface area contributed by atoms with Gasteiger partial charge in [0.2, 0.25) is 0 Å². The lowest BCUT2D eigenvalue weighted by atomic mass is 10.1. The Bertz CT molecular complexity index is 1900. The van der Waals surface area contributed by atoms with Gasteiger partial charge < -0.3 is 9.84 Å². The number of hydrogen-bond acceptors (Lipinski definition) is 7. The summed E-state index contributed by atoms with van der Waals surface area (Å²) >= 11 is 9.04. The normalized spacial score (nSPS) is 12.8. The molecule has 0 unspecified atom stereocenters. The fraction of sp³-hybridized carbons (Fsp3) is 0.0690. The highest BCUT2D eigenvalue weighted by Crippen LogP contribution is 2.43. The molecule has 0 saturated heterocycles. The monoisotopic (exact) mass is 592 g/mol. The highest BCUT2D eigenvalue weighted by Gasteiger charge is 2.20. The topological polar surface area (TPSA) is 88.5 Å². The summed E-state index contributed by atoms with van der Waals surface area (Å²) in [5.41, 5.74) is 0.363. The lowest BCUT2D eigenvalue weighted by molar-refractivity contribution is 0.469. The van der Waals surface area contributed by atoms with Gasteiger partial charge >= 0.3 is 0 Å². The SMILES string of the molecule is O=S(=O)(Nc1cc(Sc2nc3c(s2)=CCCC=3)c(O)c2ccccc12)c1ccc(Oc2ccccc2Cl)cc1. The van der Waals surface area contributed by atoms with Gasteiger partial charge in [-0.1, -0.05) is 71.9 Å². The van der Waals surface area contributed by atoms with Gasteiger partial charge in [-0.2, -0.15) is 0 Å². The van der Waals surface area contributed by atoms with Gasteiger partial charge in [0.05, 0.1) is 30.4 Å². The third-order valence-corrected chi connectivity index (χ3v) is 9.97. The molecule has 39 heavy (non-hydrogen) atoms. The third-order valence-electron chi connectivity index (χ3n) is 6.12. The maximum atomic E-state index is 13.4. The van der Waals surface area contributed by atoms with Crippen molar-refractivity contribution in [1.29, 1.82) is 0 Å². The van der Waals surface area contributed by atoms with E-state index >= 15 is 0 Å². The summed E-state index contributed by atoms with van der Waals surface area (Å²) in [5.74, 6) is 1.02. The Morgan fingerprint density at radius 1 is 0.949 bits per heavy atom. The van der Waals surface area contributed by atoms with Crippen LogP contribution < -0.4 is 19.3 Å². The lowest BCUT2D eigenvalue weighted by Gasteiger charge is -2.15. The maximum Gasteiger partial charge on any atom is 0.261 e. The average molecular weight is 593 g/mol. The van der Waals surface area contributed by atoms with Crippen molar-refractivity contribution in [2.24, 2.45) is 0 Å². The van der Waals surface area contributed by atoms with Gasteiger partial charge in [-0.15, -0.1) is 11.3 Å². The number of benzene rings is 4. The van der Waals surface area contributed by atoms with Crippen molar-refractivity contribution in [3.8, 4) is 17.2 Å². The molecule has 0 aliphatic heterocycles. The summed E-state index contributed by atoms with van der Waals surface area (Å²) in [5, 5.41) is 13.6. The highest BCUT2D eigenvalue weighted by molar-refractivity contribution is 8.01. The molecule has 2 N–H and O–H groups in total. The number of para-hydroxylation sites is 1. The molecule has 4 aromatic carbocycles. The molecular formula is C29H21ClN2O4S3. The number of ether oxygens (including phenoxy) is 1. The predicted octanol–water partition coefficient (Wildman–Crippen LogP) is 6.75. The Morgan fingerprint density at radius 2 is 1.67 bits per heavy atom. The Balaban J connectivity index is 1.32. The summed E-state index contributed by atoms with van der Waals surface area (Å²) in [6.07, 6.45) is 6.22. The van der Waals surface area contributed by atoms with Gasteiger partial charge in [0.1, 0.15) is 17.2 Å². The van der Waals surface area contributed by atoms with Crippen LogP contribution in [0.4, 0.5) is 5.69 Å². The van der Waals surface area contributed by atoms with Gasteiger partial charge in [-0.3, -0.25) is 4.72 Å². The number of aromatic nitrogens is 1. The van der Waals surface area contributed by atoms with Crippen LogP contribution in [-0.2, 0) is 10.0 Å². The van der Waals surface area contributed by atoms with Crippen molar-refractivity contribution in [3.05, 3.63) is 93.8 Å². The first-order valence-electron chi connectivity index (χ1n) is 12.0. The third kappa shape index (κ3) is 5.35. The van der Waals surface area contributed by atoms with Gasteiger partial charge in [0, 0.05) is 10.8 Å². The molecule has 1 aliphatic rings. The van der Waals surface area contributed by atoms with Crippen molar-refractivity contribution < 1.29 is 18.3 Å². The van der Waals surface area contributed by atoms with Crippen molar-refractivity contribution in [3.63, 3.8) is 0 Å². The second kappa shape index (κ2) is 10.6. The summed E-state index contributed by atoms with van der Waals surface area (Å²) in [7, 11) is -3.95. The minimum Gasteiger partial charge on any atom is -0.506 e. The van der Waals surface area contributed by atoms with E-state index in [4.69, 9.17) is 16.3 Å². The van der Waals surface area contributed by atoms with Crippen LogP contribution in [0.2, 0.25) is 5.02 Å². The van der Waals surface area contributed by atoms with E-state index in [9.17, 15) is 13.5 Å². The van der Waals surface area contributed by atoms with Crippen LogP contribution in [0.5, 0.6) is 17.2 Å². The number of nitrogens with zero attached hydrogens (tertiary/aromatic N) is 1. The van der Waals surface area contributed by atoms with E-state index in [1.807, 2.05) is 0 Å². The second-order valence-electron chi connectivity index (χ2n) is 8.74. The van der Waals surface area contributed by atoms with Crippen LogP contribution >= 0.6 is 34.7 Å². The number of sulfonamides is 1. The molecule has 0 fully saturated rings. The first-order valence-corrected chi connectivity index (χ1v) is 15.5. The number of rotatable bonds is 7. The number of phenols is 1. The minimum atomic E-state index is -3.95. The Kier molecular flexibility index (Phi) is 6.99. The van der Waals surface area contributed by atoms with Crippen LogP contribution in [0.1, 0.15) is 12.8 Å². The first-order chi connectivity index (χ1) is 18.9. The largest absolute Gasteiger partial charge is 0.506 e. The van der Waals surface area contributed by atoms with E-state index in [0.717, 1.165) is 27.1 Å². The number of nitrogens with one attached hydrogen (secondary N) is 1. The molecule has 0 amide bonds. The number of thiazole rings is 1. The summed E-state index contributed by atoms with van der Waals surface area (Å²) < 4.78 is 37.2. The summed E-state index contributed by atoms with van der Waals surface area (Å²) in [6.45, 7) is 0. The molecule has 196 valence electrons. The molecule has 6 rings (SSSR count). The van der Waals surface area contributed by atoms with Crippen LogP contribution in [0.15, 0.2) is 93.0 Å². The molecule has 6 nitrogen and oxygen atoms in total. The average Bonchev–Trinajstić information content (AvgIpc) is 3.35. The van der Waals surface area contributed by atoms with E-state index in [0.29, 0.717) is 37.9 Å². The van der Waals surface area contributed by atoms with E-state index in [2.05, 4.69) is 21.9 Å². The van der Waals surface area contributed by atoms with Crippen LogP contribution in [0, 0.1) is 0 Å². The number of halogens is 1. The van der Waals surface area contributed by atoms with E-state index < -0.39 is 10.0 Å². The van der Waals surface area contributed by atoms with E-state index in [1.54, 1.807) is 78.1 Å². The maximum absolute atomic E-state index is 13.4. The number of anilines is 1. The Morgan fingerprint density at radius 3 is 2.44 bits per heavy atom. The van der Waals surface area contributed by atoms with Gasteiger partial charge in [-0.05, 0) is 55.3 Å². The van der Waals surface area contributed by atoms with Crippen molar-refractivity contribution in [2.45, 2.75) is 27.0 Å². The number of phenolic OH excluding ortho intramolecular Hbond substituents is 1. The zero-order valence-corrected chi connectivity index (χ0v) is 23.5. The standard InChI is InChI=1S/C29H21ClN2O4S3/c30-22-9-3-5-11-25(22)36-18-13-15-19(16-14-18)39(34,35)32-24-17-27(28(33)21-8-2-1-7-20(21)24)38-29-31-23-10-4-6-12-26(23)37-29/h1-3,5,7-17,32-33H,4,6H2. The minimum absolute atomic E-state index is 0.0686. The molecule has 10 heteroatoms. The molecule has 0 spiro atoms. The number of aromatic hydroxyl groups is 1. The number of hydrogen-bond donors (Lipinski definition) is 2. The van der Waals surface area contributed by atoms with Crippen LogP contribution in [-0.4, -0.2) is 18.5 Å². The molecule has 0 saturated carbocycles. The summed E-state index contributed by atoms with van der Waals surface area (Å²) in [4.78, 5) is 5.27. The number of fused-ring (bicyclic) bond motifs is 2. The molecule has 1 aliphatic carbocycles. The van der Waals surface area contributed by atoms with Gasteiger partial charge in [0.15, 0.2) is 4.34 Å². The summed E-state index contributed by atoms with van der Waals surface area (Å²) in [6, 6.07) is 21.9. The van der Waals surface area contributed by atoms with Gasteiger partial charge in [-0.25, -0.2) is 13.4 Å². The van der Waals surface area contributed by atoms with E-state index in [1.165, 1.54) is 23.9 Å². The van der Waals surface area contributed by atoms with Crippen molar-refractivity contribution in [1.82, 2.24) is 4.98 Å². The van der Waals surface area contributed by atoms with Crippen molar-refractivity contribution in [2.75, 3.05) is 4.72 Å². The Hall–Kier alpha value is -3.50. The zero-order valence-electron chi connectivity index (χ0n) is 20.3. The molecule has 0 radical (unpaired) electrons. The molecule has 0 bridgehead atoms. The molecule has 1 aromatic heterocycles. The fourth-order valence-corrected chi connectivity index (χ4v) is 7.66. The Labute approximate surface area is 238 Å². The van der Waals surface area contributed by atoms with Crippen LogP contribution in [0.25, 0.3) is 22.9 Å². The molecule has 5 aromatic rings. The van der Waals surface area contributed by atoms with Crippen LogP contribution in [0.3, 0.4) is 0 Å². The fourth-order valence-electron chi connectivity index (χ4n) is 4.23. The molecular weight excluding hydrogens is 572 g/mol. The zero-order chi connectivity index (χ0) is 27.0. The lowest BCUT2D eigenvalue weighted by Crippen LogP contribution is -2.22. The molecule has 0 atom stereocenters. The smallest absolute Gasteiger partial charge is 0.261 e. The second-order valence-corrected chi connectivity index (χ2v) is 13.2. The van der Waals surface area contributed by atoms with Gasteiger partial charge in [0.25, 0.3) is 10.0 Å². The predicted molar refractivity (Wildman–Crippen MR) is 158 cm³/mol. The van der Waals surface area contributed by atoms with Crippen molar-refractivity contribution >= 4 is 73.3 Å². The quantitative estimate of drug-likeness (QED) is 0.203. The highest BCUT2D eigenvalue weighted by atomic mass is 35.5. The first kappa shape index (κ1) is 25.8. The molecule has 1 heterocycles.